The predicted octanol–water partition coefficient (Wildman–Crippen LogP) is 4.56. The Morgan fingerprint density at radius 3 is 0.844 bits per heavy atom. The smallest absolute Gasteiger partial charge is 0.245 e. The lowest BCUT2D eigenvalue weighted by molar-refractivity contribution is 0.768. The molecular formula is C40H35N3Si2. The van der Waals surface area contributed by atoms with Crippen LogP contribution in [0.15, 0.2) is 194 Å². The van der Waals surface area contributed by atoms with Crippen LogP contribution in [0.5, 0.6) is 0 Å². The summed E-state index contributed by atoms with van der Waals surface area (Å²) in [5.41, 5.74) is 1.11. The summed E-state index contributed by atoms with van der Waals surface area (Å²) in [5, 5.41) is 12.8. The number of anilines is 1. The molecule has 0 N–H and O–H groups in total. The van der Waals surface area contributed by atoms with Crippen molar-refractivity contribution in [3.05, 3.63) is 194 Å². The zero-order chi connectivity index (χ0) is 30.5. The zero-order valence-electron chi connectivity index (χ0n) is 25.3. The summed E-state index contributed by atoms with van der Waals surface area (Å²) >= 11 is 0. The number of hydrogen-bond acceptors (Lipinski definition) is 2. The van der Waals surface area contributed by atoms with Crippen molar-refractivity contribution in [3.63, 3.8) is 0 Å². The second kappa shape index (κ2) is 12.4. The van der Waals surface area contributed by atoms with Gasteiger partial charge in [0.2, 0.25) is 16.5 Å². The Balaban J connectivity index is 1.77. The molecule has 218 valence electrons. The fourth-order valence-corrected chi connectivity index (χ4v) is 20.0. The van der Waals surface area contributed by atoms with Crippen molar-refractivity contribution in [2.75, 3.05) is 4.23 Å². The summed E-state index contributed by atoms with van der Waals surface area (Å²) < 4.78 is 4.84. The molecule has 7 aromatic rings. The van der Waals surface area contributed by atoms with Gasteiger partial charge in [0.05, 0.1) is 11.9 Å². The topological polar surface area (TPSA) is 21.1 Å². The molecular weight excluding hydrogens is 579 g/mol. The van der Waals surface area contributed by atoms with Crippen LogP contribution in [-0.2, 0) is 7.05 Å². The molecule has 5 heteroatoms. The molecule has 0 bridgehead atoms. The molecule has 1 heterocycles. The van der Waals surface area contributed by atoms with Crippen molar-refractivity contribution in [3.8, 4) is 0 Å². The predicted molar refractivity (Wildman–Crippen MR) is 194 cm³/mol. The van der Waals surface area contributed by atoms with Crippen LogP contribution in [0.1, 0.15) is 0 Å². The van der Waals surface area contributed by atoms with Gasteiger partial charge in [-0.2, -0.15) is 5.10 Å². The van der Waals surface area contributed by atoms with Crippen molar-refractivity contribution >= 4 is 53.3 Å². The highest BCUT2D eigenvalue weighted by atomic mass is 28.4. The third kappa shape index (κ3) is 4.87. The Morgan fingerprint density at radius 2 is 0.644 bits per heavy atom. The van der Waals surface area contributed by atoms with Gasteiger partial charge in [0.1, 0.15) is 0 Å². The first kappa shape index (κ1) is 28.5. The van der Waals surface area contributed by atoms with Crippen LogP contribution in [0.2, 0.25) is 0 Å². The summed E-state index contributed by atoms with van der Waals surface area (Å²) in [7, 11) is -4.22. The van der Waals surface area contributed by atoms with Gasteiger partial charge < -0.3 is 4.23 Å². The van der Waals surface area contributed by atoms with Crippen molar-refractivity contribution in [1.82, 2.24) is 9.78 Å². The minimum Gasteiger partial charge on any atom is -0.401 e. The van der Waals surface area contributed by atoms with Gasteiger partial charge in [-0.3, -0.25) is 4.68 Å². The fourth-order valence-electron chi connectivity index (χ4n) is 7.01. The molecule has 0 saturated heterocycles. The molecule has 0 aliphatic heterocycles. The molecule has 0 aliphatic carbocycles. The van der Waals surface area contributed by atoms with E-state index < -0.39 is 16.5 Å². The molecule has 0 amide bonds. The van der Waals surface area contributed by atoms with E-state index in [9.17, 15) is 0 Å². The van der Waals surface area contributed by atoms with Gasteiger partial charge in [0.25, 0.3) is 0 Å². The molecule has 0 aliphatic rings. The first-order chi connectivity index (χ1) is 22.3. The van der Waals surface area contributed by atoms with Crippen LogP contribution in [0.25, 0.3) is 0 Å². The summed E-state index contributed by atoms with van der Waals surface area (Å²) in [6.07, 6.45) is 4.29. The van der Waals surface area contributed by atoms with Crippen molar-refractivity contribution in [1.29, 1.82) is 0 Å². The highest BCUT2D eigenvalue weighted by molar-refractivity contribution is 7.29. The van der Waals surface area contributed by atoms with Gasteiger partial charge in [-0.05, 0) is 31.1 Å². The van der Waals surface area contributed by atoms with Crippen LogP contribution in [-0.4, -0.2) is 26.3 Å². The Labute approximate surface area is 267 Å². The van der Waals surface area contributed by atoms with Gasteiger partial charge in [-0.15, -0.1) is 0 Å². The Kier molecular flexibility index (Phi) is 7.86. The van der Waals surface area contributed by atoms with E-state index in [0.717, 1.165) is 5.69 Å². The van der Waals surface area contributed by atoms with Gasteiger partial charge in [0.15, 0.2) is 0 Å². The summed E-state index contributed by atoms with van der Waals surface area (Å²) in [6.45, 7) is 0. The fraction of sp³-hybridized carbons (Fsp3) is 0.0250. The number of rotatable bonds is 9. The van der Waals surface area contributed by atoms with Gasteiger partial charge in [-0.25, -0.2) is 0 Å². The first-order valence-electron chi connectivity index (χ1n) is 15.4. The number of aryl methyl sites for hydroxylation is 1. The largest absolute Gasteiger partial charge is 0.401 e. The lowest BCUT2D eigenvalue weighted by atomic mass is 10.3. The van der Waals surface area contributed by atoms with E-state index in [-0.39, 0.29) is 0 Å². The monoisotopic (exact) mass is 613 g/mol. The minimum absolute atomic E-state index is 1.11. The van der Waals surface area contributed by atoms with E-state index >= 15 is 0 Å². The molecule has 45 heavy (non-hydrogen) atoms. The molecule has 3 nitrogen and oxygen atoms in total. The highest BCUT2D eigenvalue weighted by Crippen LogP contribution is 2.29. The molecule has 6 aromatic carbocycles. The number of aromatic nitrogens is 2. The maximum absolute atomic E-state index is 4.85. The van der Waals surface area contributed by atoms with Crippen LogP contribution in [0.4, 0.5) is 5.69 Å². The lowest BCUT2D eigenvalue weighted by Crippen LogP contribution is -2.91. The highest BCUT2D eigenvalue weighted by Gasteiger charge is 2.58. The first-order valence-corrected chi connectivity index (χ1v) is 19.3. The van der Waals surface area contributed by atoms with Gasteiger partial charge in [-0.1, -0.05) is 182 Å². The second-order valence-electron chi connectivity index (χ2n) is 11.3. The quantitative estimate of drug-likeness (QED) is 0.176. The molecule has 0 spiro atoms. The molecule has 0 unspecified atom stereocenters. The molecule has 1 aromatic heterocycles. The summed E-state index contributed by atoms with van der Waals surface area (Å²) in [5.74, 6) is 0. The average molecular weight is 614 g/mol. The minimum atomic E-state index is -3.12. The van der Waals surface area contributed by atoms with E-state index in [0.29, 0.717) is 0 Å². The Morgan fingerprint density at radius 1 is 0.400 bits per heavy atom. The third-order valence-electron chi connectivity index (χ3n) is 8.77. The van der Waals surface area contributed by atoms with Crippen LogP contribution < -0.4 is 35.4 Å². The zero-order valence-corrected chi connectivity index (χ0v) is 27.3. The van der Waals surface area contributed by atoms with Crippen LogP contribution >= 0.6 is 0 Å². The summed E-state index contributed by atoms with van der Waals surface area (Å²) in [4.78, 5) is 0. The van der Waals surface area contributed by atoms with Crippen molar-refractivity contribution in [2.24, 2.45) is 7.05 Å². The average Bonchev–Trinajstić information content (AvgIpc) is 3.56. The molecule has 0 saturated carbocycles. The molecule has 0 radical (unpaired) electrons. The number of hydrogen-bond donors (Lipinski definition) is 0. The van der Waals surface area contributed by atoms with Crippen molar-refractivity contribution < 1.29 is 0 Å². The van der Waals surface area contributed by atoms with Gasteiger partial charge in [0, 0.05) is 13.2 Å². The second-order valence-corrected chi connectivity index (χ2v) is 19.0. The van der Waals surface area contributed by atoms with Crippen LogP contribution in [0, 0.1) is 0 Å². The maximum Gasteiger partial charge on any atom is 0.245 e. The van der Waals surface area contributed by atoms with E-state index in [1.165, 1.54) is 31.1 Å². The maximum atomic E-state index is 4.85. The Bertz CT molecular complexity index is 1630. The SMILES string of the molecule is Cn1cc(N([Si](c2ccccc2)(c2ccccc2)c2ccccc2)[Si](c2ccccc2)(c2ccccc2)c2ccccc2)cn1. The van der Waals surface area contributed by atoms with Crippen molar-refractivity contribution in [2.45, 2.75) is 0 Å². The summed E-state index contributed by atoms with van der Waals surface area (Å²) in [6, 6.07) is 67.2. The molecule has 0 atom stereocenters. The van der Waals surface area contributed by atoms with Gasteiger partial charge >= 0.3 is 0 Å². The standard InChI is InChI=1S/C40H35N3Si2/c1-42-33-34(32-41-42)43(44(35-20-8-2-9-21-35,36-22-10-3-11-23-36)37-24-12-4-13-25-37)45(38-26-14-5-15-27-38,39-28-16-6-17-29-39)40-30-18-7-19-31-40/h2-33H,1H3. The van der Waals surface area contributed by atoms with E-state index in [2.05, 4.69) is 199 Å². The molecule has 0 fully saturated rings. The van der Waals surface area contributed by atoms with E-state index in [1.54, 1.807) is 0 Å². The van der Waals surface area contributed by atoms with E-state index in [1.807, 2.05) is 11.7 Å². The normalized spacial score (nSPS) is 11.7. The number of nitrogens with zero attached hydrogens (tertiary/aromatic N) is 3. The third-order valence-corrected chi connectivity index (χ3v) is 19.7. The lowest BCUT2D eigenvalue weighted by Gasteiger charge is -2.54. The molecule has 7 rings (SSSR count). The van der Waals surface area contributed by atoms with E-state index in [4.69, 9.17) is 5.10 Å². The number of benzene rings is 6. The van der Waals surface area contributed by atoms with Crippen LogP contribution in [0.3, 0.4) is 0 Å². The Hall–Kier alpha value is -5.24.